The molecule has 0 spiro atoms. The third-order valence-electron chi connectivity index (χ3n) is 3.25. The van der Waals surface area contributed by atoms with Gasteiger partial charge in [0.2, 0.25) is 0 Å². The van der Waals surface area contributed by atoms with Gasteiger partial charge in [-0.1, -0.05) is 76.0 Å². The summed E-state index contributed by atoms with van der Waals surface area (Å²) in [6, 6.07) is 0. The highest BCUT2D eigenvalue weighted by molar-refractivity contribution is 8.77. The van der Waals surface area contributed by atoms with Crippen molar-refractivity contribution in [3.8, 4) is 0 Å². The highest BCUT2D eigenvalue weighted by Crippen LogP contribution is 2.36. The smallest absolute Gasteiger partial charge is 0.0125 e. The van der Waals surface area contributed by atoms with Crippen LogP contribution < -0.4 is 0 Å². The minimum absolute atomic E-state index is 0.805. The van der Waals surface area contributed by atoms with E-state index in [1.165, 1.54) is 25.7 Å². The molecule has 0 aromatic carbocycles. The second-order valence-electron chi connectivity index (χ2n) is 5.31. The van der Waals surface area contributed by atoms with E-state index in [2.05, 4.69) is 63.1 Å². The van der Waals surface area contributed by atoms with Crippen molar-refractivity contribution in [2.75, 3.05) is 0 Å². The van der Waals surface area contributed by atoms with Gasteiger partial charge in [0.1, 0.15) is 0 Å². The van der Waals surface area contributed by atoms with Crippen LogP contribution in [0.25, 0.3) is 0 Å². The summed E-state index contributed by atoms with van der Waals surface area (Å²) in [5.74, 6) is 1.76. The van der Waals surface area contributed by atoms with Crippen molar-refractivity contribution in [3.63, 3.8) is 0 Å². The Morgan fingerprint density at radius 1 is 0.688 bits per heavy atom. The number of hydrogen-bond acceptors (Lipinski definition) is 2. The lowest BCUT2D eigenvalue weighted by molar-refractivity contribution is 0.515. The lowest BCUT2D eigenvalue weighted by Crippen LogP contribution is -2.06. The first-order chi connectivity index (χ1) is 7.49. The molecular formula is C14H30S2. The summed E-state index contributed by atoms with van der Waals surface area (Å²) in [4.78, 5) is 0. The predicted molar refractivity (Wildman–Crippen MR) is 82.3 cm³/mol. The monoisotopic (exact) mass is 262 g/mol. The lowest BCUT2D eigenvalue weighted by atomic mass is 10.0. The fourth-order valence-corrected chi connectivity index (χ4v) is 4.54. The maximum atomic E-state index is 2.37. The molecule has 4 unspecified atom stereocenters. The molecule has 0 rings (SSSR count). The predicted octanol–water partition coefficient (Wildman–Crippen LogP) is 6.02. The second kappa shape index (κ2) is 9.70. The van der Waals surface area contributed by atoms with Crippen molar-refractivity contribution >= 4 is 21.6 Å². The SMILES string of the molecule is CCC(C)CC(C)SSC(C)CC(C)CC. The van der Waals surface area contributed by atoms with Gasteiger partial charge in [-0.25, -0.2) is 0 Å². The minimum atomic E-state index is 0.805. The van der Waals surface area contributed by atoms with Crippen LogP contribution in [0.3, 0.4) is 0 Å². The van der Waals surface area contributed by atoms with E-state index in [0.717, 1.165) is 22.3 Å². The highest BCUT2D eigenvalue weighted by atomic mass is 33.1. The molecule has 0 nitrogen and oxygen atoms in total. The van der Waals surface area contributed by atoms with Crippen molar-refractivity contribution in [2.45, 2.75) is 77.7 Å². The van der Waals surface area contributed by atoms with Gasteiger partial charge in [0.25, 0.3) is 0 Å². The van der Waals surface area contributed by atoms with Crippen LogP contribution in [0.2, 0.25) is 0 Å². The van der Waals surface area contributed by atoms with Crippen LogP contribution in [-0.4, -0.2) is 10.5 Å². The number of hydrogen-bond donors (Lipinski definition) is 0. The first-order valence-corrected chi connectivity index (χ1v) is 9.09. The number of rotatable bonds is 9. The zero-order chi connectivity index (χ0) is 12.6. The molecule has 0 N–H and O–H groups in total. The molecule has 0 aromatic rings. The average Bonchev–Trinajstić information content (AvgIpc) is 2.26. The third kappa shape index (κ3) is 8.81. The van der Waals surface area contributed by atoms with Gasteiger partial charge in [0.05, 0.1) is 0 Å². The van der Waals surface area contributed by atoms with Crippen molar-refractivity contribution in [2.24, 2.45) is 11.8 Å². The molecule has 0 aliphatic rings. The van der Waals surface area contributed by atoms with Crippen molar-refractivity contribution in [1.82, 2.24) is 0 Å². The van der Waals surface area contributed by atoms with Gasteiger partial charge < -0.3 is 0 Å². The standard InChI is InChI=1S/C14H30S2/c1-7-11(3)9-13(5)15-16-14(6)10-12(4)8-2/h11-14H,7-10H2,1-6H3. The molecule has 0 aromatic heterocycles. The van der Waals surface area contributed by atoms with Crippen molar-refractivity contribution < 1.29 is 0 Å². The van der Waals surface area contributed by atoms with Crippen LogP contribution in [-0.2, 0) is 0 Å². The molecule has 4 atom stereocenters. The molecule has 0 radical (unpaired) electrons. The van der Waals surface area contributed by atoms with Crippen LogP contribution in [0.5, 0.6) is 0 Å². The fourth-order valence-electron chi connectivity index (χ4n) is 1.73. The third-order valence-corrected chi connectivity index (χ3v) is 6.70. The Labute approximate surface area is 111 Å². The van der Waals surface area contributed by atoms with Gasteiger partial charge in [0, 0.05) is 10.5 Å². The van der Waals surface area contributed by atoms with Gasteiger partial charge in [-0.15, -0.1) is 0 Å². The minimum Gasteiger partial charge on any atom is -0.0907 e. The molecular weight excluding hydrogens is 232 g/mol. The first-order valence-electron chi connectivity index (χ1n) is 6.81. The molecule has 16 heavy (non-hydrogen) atoms. The summed E-state index contributed by atoms with van der Waals surface area (Å²) in [6.07, 6.45) is 5.37. The Balaban J connectivity index is 3.62. The van der Waals surface area contributed by atoms with E-state index < -0.39 is 0 Å². The lowest BCUT2D eigenvalue weighted by Gasteiger charge is -2.19. The second-order valence-corrected chi connectivity index (χ2v) is 8.46. The Hall–Kier alpha value is 0.700. The summed E-state index contributed by atoms with van der Waals surface area (Å²) in [5, 5.41) is 1.61. The van der Waals surface area contributed by atoms with E-state index in [0.29, 0.717) is 0 Å². The summed E-state index contributed by atoms with van der Waals surface area (Å²) in [7, 11) is 4.19. The van der Waals surface area contributed by atoms with Gasteiger partial charge in [0.15, 0.2) is 0 Å². The largest absolute Gasteiger partial charge is 0.0907 e. The summed E-state index contributed by atoms with van der Waals surface area (Å²) in [6.45, 7) is 14.1. The Bertz CT molecular complexity index is 141. The van der Waals surface area contributed by atoms with Crippen LogP contribution in [0, 0.1) is 11.8 Å². The molecule has 0 saturated heterocycles. The van der Waals surface area contributed by atoms with Crippen LogP contribution in [0.1, 0.15) is 67.2 Å². The summed E-state index contributed by atoms with van der Waals surface area (Å²) in [5.41, 5.74) is 0. The molecule has 0 aliphatic heterocycles. The summed E-state index contributed by atoms with van der Waals surface area (Å²) < 4.78 is 0. The highest BCUT2D eigenvalue weighted by Gasteiger charge is 2.12. The van der Waals surface area contributed by atoms with Crippen LogP contribution >= 0.6 is 21.6 Å². The maximum Gasteiger partial charge on any atom is 0.0125 e. The Morgan fingerprint density at radius 2 is 1.00 bits per heavy atom. The zero-order valence-corrected chi connectivity index (χ0v) is 13.6. The van der Waals surface area contributed by atoms with Crippen molar-refractivity contribution in [3.05, 3.63) is 0 Å². The zero-order valence-electron chi connectivity index (χ0n) is 12.0. The van der Waals surface area contributed by atoms with E-state index in [-0.39, 0.29) is 0 Å². The molecule has 98 valence electrons. The normalized spacial score (nSPS) is 19.1. The van der Waals surface area contributed by atoms with Crippen molar-refractivity contribution in [1.29, 1.82) is 0 Å². The molecule has 0 aliphatic carbocycles. The molecule has 2 heteroatoms. The van der Waals surface area contributed by atoms with Gasteiger partial charge in [-0.3, -0.25) is 0 Å². The van der Waals surface area contributed by atoms with E-state index >= 15 is 0 Å². The van der Waals surface area contributed by atoms with Gasteiger partial charge >= 0.3 is 0 Å². The van der Waals surface area contributed by atoms with Crippen LogP contribution in [0.15, 0.2) is 0 Å². The van der Waals surface area contributed by atoms with E-state index in [1.807, 2.05) is 0 Å². The molecule has 0 bridgehead atoms. The Kier molecular flexibility index (Phi) is 10.1. The van der Waals surface area contributed by atoms with E-state index in [1.54, 1.807) is 0 Å². The average molecular weight is 263 g/mol. The molecule has 0 heterocycles. The summed E-state index contributed by atoms with van der Waals surface area (Å²) >= 11 is 0. The van der Waals surface area contributed by atoms with Crippen LogP contribution in [0.4, 0.5) is 0 Å². The fraction of sp³-hybridized carbons (Fsp3) is 1.00. The van der Waals surface area contributed by atoms with Gasteiger partial charge in [-0.05, 0) is 24.7 Å². The van der Waals surface area contributed by atoms with E-state index in [9.17, 15) is 0 Å². The maximum absolute atomic E-state index is 2.37. The molecule has 0 amide bonds. The van der Waals surface area contributed by atoms with E-state index in [4.69, 9.17) is 0 Å². The Morgan fingerprint density at radius 3 is 1.25 bits per heavy atom. The topological polar surface area (TPSA) is 0 Å². The first kappa shape index (κ1) is 16.7. The van der Waals surface area contributed by atoms with Gasteiger partial charge in [-0.2, -0.15) is 0 Å². The quantitative estimate of drug-likeness (QED) is 0.466. The molecule has 0 fully saturated rings. The molecule has 0 saturated carbocycles.